The van der Waals surface area contributed by atoms with E-state index in [-0.39, 0.29) is 11.9 Å². The van der Waals surface area contributed by atoms with E-state index in [2.05, 4.69) is 5.32 Å². The van der Waals surface area contributed by atoms with E-state index in [1.807, 2.05) is 66.2 Å². The van der Waals surface area contributed by atoms with Gasteiger partial charge in [-0.2, -0.15) is 0 Å². The zero-order valence-corrected chi connectivity index (χ0v) is 13.9. The van der Waals surface area contributed by atoms with Crippen LogP contribution in [0.3, 0.4) is 0 Å². The Morgan fingerprint density at radius 3 is 2.33 bits per heavy atom. The van der Waals surface area contributed by atoms with Gasteiger partial charge in [0, 0.05) is 22.8 Å². The molecule has 0 spiro atoms. The van der Waals surface area contributed by atoms with Crippen molar-refractivity contribution in [2.75, 3.05) is 19.5 Å². The number of hydrogen-bond acceptors (Lipinski definition) is 3. The van der Waals surface area contributed by atoms with Crippen LogP contribution in [0.15, 0.2) is 54.7 Å². The van der Waals surface area contributed by atoms with Gasteiger partial charge in [0.1, 0.15) is 17.5 Å². The third-order valence-corrected chi connectivity index (χ3v) is 4.08. The lowest BCUT2D eigenvalue weighted by molar-refractivity contribution is -0.118. The van der Waals surface area contributed by atoms with Crippen LogP contribution in [0, 0.1) is 0 Å². The third-order valence-electron chi connectivity index (χ3n) is 4.08. The van der Waals surface area contributed by atoms with Gasteiger partial charge in [-0.3, -0.25) is 4.79 Å². The van der Waals surface area contributed by atoms with Crippen molar-refractivity contribution in [1.29, 1.82) is 0 Å². The number of nitrogens with zero attached hydrogens (tertiary/aromatic N) is 1. The van der Waals surface area contributed by atoms with Crippen molar-refractivity contribution in [1.82, 2.24) is 4.57 Å². The first-order chi connectivity index (χ1) is 11.6. The van der Waals surface area contributed by atoms with E-state index in [1.54, 1.807) is 14.2 Å². The van der Waals surface area contributed by atoms with Gasteiger partial charge in [0.15, 0.2) is 0 Å². The van der Waals surface area contributed by atoms with Gasteiger partial charge in [0.25, 0.3) is 0 Å². The smallest absolute Gasteiger partial charge is 0.247 e. The van der Waals surface area contributed by atoms with E-state index in [1.165, 1.54) is 0 Å². The summed E-state index contributed by atoms with van der Waals surface area (Å²) < 4.78 is 12.3. The molecule has 1 unspecified atom stereocenters. The van der Waals surface area contributed by atoms with E-state index in [0.29, 0.717) is 0 Å². The molecular formula is C19H20N2O3. The van der Waals surface area contributed by atoms with Crippen molar-refractivity contribution in [2.45, 2.75) is 13.0 Å². The van der Waals surface area contributed by atoms with Gasteiger partial charge in [-0.25, -0.2) is 0 Å². The fraction of sp³-hybridized carbons (Fsp3) is 0.211. The largest absolute Gasteiger partial charge is 0.497 e. The molecule has 1 atom stereocenters. The Morgan fingerprint density at radius 1 is 1.00 bits per heavy atom. The summed E-state index contributed by atoms with van der Waals surface area (Å²) in [6.45, 7) is 1.88. The van der Waals surface area contributed by atoms with Crippen LogP contribution in [0.4, 0.5) is 5.69 Å². The van der Waals surface area contributed by atoms with E-state index >= 15 is 0 Å². The Hall–Kier alpha value is -2.95. The van der Waals surface area contributed by atoms with Crippen molar-refractivity contribution >= 4 is 22.5 Å². The molecule has 0 aliphatic rings. The minimum Gasteiger partial charge on any atom is -0.497 e. The number of hydrogen-bond donors (Lipinski definition) is 1. The Bertz CT molecular complexity index is 853. The maximum absolute atomic E-state index is 12.5. The van der Waals surface area contributed by atoms with Crippen LogP contribution in [0.5, 0.6) is 11.5 Å². The normalized spacial score (nSPS) is 12.0. The van der Waals surface area contributed by atoms with E-state index in [0.717, 1.165) is 28.1 Å². The molecule has 3 rings (SSSR count). The first-order valence-electron chi connectivity index (χ1n) is 7.72. The van der Waals surface area contributed by atoms with Crippen LogP contribution in [0.1, 0.15) is 13.0 Å². The molecule has 0 radical (unpaired) electrons. The van der Waals surface area contributed by atoms with Crippen LogP contribution in [-0.4, -0.2) is 24.7 Å². The summed E-state index contributed by atoms with van der Waals surface area (Å²) in [6, 6.07) is 14.7. The Morgan fingerprint density at radius 2 is 1.67 bits per heavy atom. The lowest BCUT2D eigenvalue weighted by Crippen LogP contribution is -2.23. The molecule has 124 valence electrons. The predicted octanol–water partition coefficient (Wildman–Crippen LogP) is 3.86. The number of carbonyl (C=O) groups is 1. The number of methoxy groups -OCH3 is 2. The van der Waals surface area contributed by atoms with Crippen molar-refractivity contribution in [3.05, 3.63) is 54.7 Å². The average Bonchev–Trinajstić information content (AvgIpc) is 3.04. The number of rotatable bonds is 5. The van der Waals surface area contributed by atoms with E-state index < -0.39 is 0 Å². The molecular weight excluding hydrogens is 304 g/mol. The maximum atomic E-state index is 12.5. The molecule has 5 heteroatoms. The molecule has 1 aromatic heterocycles. The number of benzene rings is 2. The van der Waals surface area contributed by atoms with Crippen molar-refractivity contribution in [3.63, 3.8) is 0 Å². The van der Waals surface area contributed by atoms with Crippen LogP contribution in [0.2, 0.25) is 0 Å². The number of anilines is 1. The highest BCUT2D eigenvalue weighted by Crippen LogP contribution is 2.25. The second-order valence-electron chi connectivity index (χ2n) is 5.54. The van der Waals surface area contributed by atoms with Crippen molar-refractivity contribution in [3.8, 4) is 11.5 Å². The number of aromatic nitrogens is 1. The summed E-state index contributed by atoms with van der Waals surface area (Å²) in [6.07, 6.45) is 1.92. The number of amides is 1. The fourth-order valence-electron chi connectivity index (χ4n) is 2.65. The Labute approximate surface area is 140 Å². The average molecular weight is 324 g/mol. The Balaban J connectivity index is 1.80. The van der Waals surface area contributed by atoms with Crippen LogP contribution in [-0.2, 0) is 4.79 Å². The van der Waals surface area contributed by atoms with Gasteiger partial charge < -0.3 is 19.4 Å². The monoisotopic (exact) mass is 324 g/mol. The number of carbonyl (C=O) groups excluding carboxylic acids is 1. The zero-order valence-electron chi connectivity index (χ0n) is 13.9. The first-order valence-corrected chi connectivity index (χ1v) is 7.72. The van der Waals surface area contributed by atoms with Crippen LogP contribution < -0.4 is 14.8 Å². The molecule has 24 heavy (non-hydrogen) atoms. The summed E-state index contributed by atoms with van der Waals surface area (Å²) in [5.74, 6) is 1.48. The molecule has 0 fully saturated rings. The minimum atomic E-state index is -0.335. The molecule has 3 aromatic rings. The second-order valence-corrected chi connectivity index (χ2v) is 5.54. The lowest BCUT2D eigenvalue weighted by atomic mass is 10.2. The second kappa shape index (κ2) is 6.66. The molecule has 1 amide bonds. The van der Waals surface area contributed by atoms with Crippen molar-refractivity contribution in [2.24, 2.45) is 0 Å². The number of nitrogens with one attached hydrogen (secondary N) is 1. The standard InChI is InChI=1S/C19H20N2O3/c1-13(19(22)20-15-4-6-16(23-2)7-5-15)21-11-10-14-12-17(24-3)8-9-18(14)21/h4-13H,1-3H3,(H,20,22). The number of ether oxygens (including phenoxy) is 2. The van der Waals surface area contributed by atoms with Gasteiger partial charge in [0.2, 0.25) is 5.91 Å². The summed E-state index contributed by atoms with van der Waals surface area (Å²) >= 11 is 0. The highest BCUT2D eigenvalue weighted by molar-refractivity contribution is 5.95. The van der Waals surface area contributed by atoms with E-state index in [9.17, 15) is 4.79 Å². The summed E-state index contributed by atoms with van der Waals surface area (Å²) in [4.78, 5) is 12.5. The molecule has 5 nitrogen and oxygen atoms in total. The van der Waals surface area contributed by atoms with Crippen LogP contribution >= 0.6 is 0 Å². The fourth-order valence-corrected chi connectivity index (χ4v) is 2.65. The highest BCUT2D eigenvalue weighted by Gasteiger charge is 2.17. The molecule has 0 saturated carbocycles. The minimum absolute atomic E-state index is 0.0755. The molecule has 0 aliphatic carbocycles. The van der Waals surface area contributed by atoms with Gasteiger partial charge in [0.05, 0.1) is 14.2 Å². The van der Waals surface area contributed by atoms with Gasteiger partial charge in [-0.1, -0.05) is 0 Å². The van der Waals surface area contributed by atoms with E-state index in [4.69, 9.17) is 9.47 Å². The van der Waals surface area contributed by atoms with Gasteiger partial charge >= 0.3 is 0 Å². The van der Waals surface area contributed by atoms with Gasteiger partial charge in [-0.05, 0) is 55.5 Å². The molecule has 0 aliphatic heterocycles. The molecule has 1 heterocycles. The van der Waals surface area contributed by atoms with Gasteiger partial charge in [-0.15, -0.1) is 0 Å². The summed E-state index contributed by atoms with van der Waals surface area (Å²) in [7, 11) is 3.25. The first kappa shape index (κ1) is 15.9. The highest BCUT2D eigenvalue weighted by atomic mass is 16.5. The van der Waals surface area contributed by atoms with Crippen molar-refractivity contribution < 1.29 is 14.3 Å². The third kappa shape index (κ3) is 3.06. The Kier molecular flexibility index (Phi) is 4.42. The predicted molar refractivity (Wildman–Crippen MR) is 94.8 cm³/mol. The van der Waals surface area contributed by atoms with Crippen LogP contribution in [0.25, 0.3) is 10.9 Å². The number of fused-ring (bicyclic) bond motifs is 1. The summed E-state index contributed by atoms with van der Waals surface area (Å²) in [5, 5.41) is 3.97. The molecule has 2 aromatic carbocycles. The lowest BCUT2D eigenvalue weighted by Gasteiger charge is -2.16. The SMILES string of the molecule is COc1ccc(NC(=O)C(C)n2ccc3cc(OC)ccc32)cc1. The molecule has 1 N–H and O–H groups in total. The topological polar surface area (TPSA) is 52.5 Å². The molecule has 0 bridgehead atoms. The zero-order chi connectivity index (χ0) is 17.1. The quantitative estimate of drug-likeness (QED) is 0.775. The molecule has 0 saturated heterocycles. The summed E-state index contributed by atoms with van der Waals surface area (Å²) in [5.41, 5.74) is 1.74. The maximum Gasteiger partial charge on any atom is 0.247 e.